The Morgan fingerprint density at radius 1 is 1.03 bits per heavy atom. The van der Waals surface area contributed by atoms with Gasteiger partial charge in [0.15, 0.2) is 0 Å². The maximum absolute atomic E-state index is 12.7. The van der Waals surface area contributed by atoms with Gasteiger partial charge in [0.25, 0.3) is 0 Å². The number of ether oxygens (including phenoxy) is 2. The van der Waals surface area contributed by atoms with E-state index in [4.69, 9.17) is 9.47 Å². The summed E-state index contributed by atoms with van der Waals surface area (Å²) >= 11 is 0. The van der Waals surface area contributed by atoms with Crippen LogP contribution in [-0.4, -0.2) is 45.9 Å². The third kappa shape index (κ3) is 5.16. The van der Waals surface area contributed by atoms with Crippen LogP contribution in [0.1, 0.15) is 18.4 Å². The number of amides is 1. The third-order valence-corrected chi connectivity index (χ3v) is 6.50. The molecule has 7 nitrogen and oxygen atoms in total. The van der Waals surface area contributed by atoms with Crippen molar-refractivity contribution in [1.29, 1.82) is 0 Å². The molecule has 0 saturated carbocycles. The Hall–Kier alpha value is -2.84. The molecule has 1 aliphatic rings. The number of anilines is 1. The summed E-state index contributed by atoms with van der Waals surface area (Å²) in [5.41, 5.74) is 1.16. The van der Waals surface area contributed by atoms with Gasteiger partial charge in [-0.05, 0) is 54.8 Å². The fourth-order valence-electron chi connectivity index (χ4n) is 3.09. The highest BCUT2D eigenvalue weighted by atomic mass is 32.2. The molecule has 1 saturated heterocycles. The summed E-state index contributed by atoms with van der Waals surface area (Å²) in [6.07, 6.45) is 4.74. The van der Waals surface area contributed by atoms with Crippen LogP contribution in [0.2, 0.25) is 0 Å². The Balaban J connectivity index is 1.72. The van der Waals surface area contributed by atoms with Crippen molar-refractivity contribution in [2.45, 2.75) is 17.7 Å². The fraction of sp³-hybridized carbons (Fsp3) is 0.286. The van der Waals surface area contributed by atoms with Crippen molar-refractivity contribution >= 4 is 27.7 Å². The number of benzene rings is 2. The molecule has 0 atom stereocenters. The molecule has 1 aliphatic heterocycles. The van der Waals surface area contributed by atoms with Crippen molar-refractivity contribution in [2.24, 2.45) is 0 Å². The Morgan fingerprint density at radius 2 is 1.69 bits per heavy atom. The predicted octanol–water partition coefficient (Wildman–Crippen LogP) is 3.14. The number of hydrogen-bond acceptors (Lipinski definition) is 5. The van der Waals surface area contributed by atoms with Crippen molar-refractivity contribution < 1.29 is 22.7 Å². The summed E-state index contributed by atoms with van der Waals surface area (Å²) in [5, 5.41) is 2.70. The molecule has 2 aromatic carbocycles. The van der Waals surface area contributed by atoms with Gasteiger partial charge in [-0.1, -0.05) is 6.07 Å². The number of rotatable bonds is 7. The first-order valence-corrected chi connectivity index (χ1v) is 10.7. The van der Waals surface area contributed by atoms with Crippen molar-refractivity contribution in [3.63, 3.8) is 0 Å². The summed E-state index contributed by atoms with van der Waals surface area (Å²) < 4.78 is 37.3. The summed E-state index contributed by atoms with van der Waals surface area (Å²) in [6, 6.07) is 11.6. The normalized spacial score (nSPS) is 14.8. The van der Waals surface area contributed by atoms with Crippen LogP contribution in [-0.2, 0) is 14.8 Å². The minimum absolute atomic E-state index is 0.179. The molecule has 1 fully saturated rings. The average Bonchev–Trinajstić information content (AvgIpc) is 3.28. The van der Waals surface area contributed by atoms with Crippen molar-refractivity contribution in [1.82, 2.24) is 4.31 Å². The van der Waals surface area contributed by atoms with Gasteiger partial charge < -0.3 is 14.8 Å². The second-order valence-electron chi connectivity index (χ2n) is 6.61. The quantitative estimate of drug-likeness (QED) is 0.701. The first kappa shape index (κ1) is 20.9. The number of hydrogen-bond donors (Lipinski definition) is 1. The van der Waals surface area contributed by atoms with Gasteiger partial charge >= 0.3 is 0 Å². The second kappa shape index (κ2) is 9.11. The molecule has 1 N–H and O–H groups in total. The van der Waals surface area contributed by atoms with Crippen LogP contribution in [0.15, 0.2) is 53.4 Å². The smallest absolute Gasteiger partial charge is 0.248 e. The topological polar surface area (TPSA) is 84.9 Å². The minimum Gasteiger partial charge on any atom is -0.497 e. The van der Waals surface area contributed by atoms with Crippen LogP contribution >= 0.6 is 0 Å². The Morgan fingerprint density at radius 3 is 2.31 bits per heavy atom. The fourth-order valence-corrected chi connectivity index (χ4v) is 4.66. The van der Waals surface area contributed by atoms with Crippen LogP contribution < -0.4 is 14.8 Å². The van der Waals surface area contributed by atoms with Crippen molar-refractivity contribution in [3.8, 4) is 11.5 Å². The summed E-state index contributed by atoms with van der Waals surface area (Å²) in [7, 11) is -0.424. The van der Waals surface area contributed by atoms with E-state index < -0.39 is 10.0 Å². The first-order chi connectivity index (χ1) is 13.9. The zero-order valence-electron chi connectivity index (χ0n) is 16.4. The number of carbonyl (C=O) groups is 1. The first-order valence-electron chi connectivity index (χ1n) is 9.25. The van der Waals surface area contributed by atoms with Gasteiger partial charge in [-0.25, -0.2) is 8.42 Å². The summed E-state index contributed by atoms with van der Waals surface area (Å²) in [6.45, 7) is 1.07. The molecule has 8 heteroatoms. The highest BCUT2D eigenvalue weighted by Crippen LogP contribution is 2.24. The van der Waals surface area contributed by atoms with Gasteiger partial charge in [-0.2, -0.15) is 4.31 Å². The lowest BCUT2D eigenvalue weighted by Crippen LogP contribution is -2.27. The van der Waals surface area contributed by atoms with E-state index in [0.717, 1.165) is 18.4 Å². The molecule has 29 heavy (non-hydrogen) atoms. The Kier molecular flexibility index (Phi) is 6.56. The van der Waals surface area contributed by atoms with Crippen LogP contribution in [0.4, 0.5) is 5.69 Å². The number of nitrogens with zero attached hydrogens (tertiary/aromatic N) is 1. The largest absolute Gasteiger partial charge is 0.497 e. The van der Waals surface area contributed by atoms with Crippen LogP contribution in [0.25, 0.3) is 6.08 Å². The van der Waals surface area contributed by atoms with Crippen LogP contribution in [0.5, 0.6) is 11.5 Å². The van der Waals surface area contributed by atoms with E-state index in [0.29, 0.717) is 30.3 Å². The number of nitrogens with one attached hydrogen (secondary N) is 1. The molecule has 154 valence electrons. The van der Waals surface area contributed by atoms with Gasteiger partial charge in [-0.3, -0.25) is 4.79 Å². The third-order valence-electron chi connectivity index (χ3n) is 4.61. The lowest BCUT2D eigenvalue weighted by atomic mass is 10.2. The zero-order chi connectivity index (χ0) is 20.9. The van der Waals surface area contributed by atoms with E-state index in [1.54, 1.807) is 56.7 Å². The second-order valence-corrected chi connectivity index (χ2v) is 8.55. The molecule has 0 bridgehead atoms. The maximum atomic E-state index is 12.7. The molecular formula is C21H24N2O5S. The molecule has 2 aromatic rings. The SMILES string of the molecule is COc1cc(/C=C/C(=O)Nc2cccc(S(=O)(=O)N3CCCC3)c2)cc(OC)c1. The molecule has 1 amide bonds. The minimum atomic E-state index is -3.53. The number of methoxy groups -OCH3 is 2. The van der Waals surface area contributed by atoms with Gasteiger partial charge in [0.1, 0.15) is 11.5 Å². The van der Waals surface area contributed by atoms with Gasteiger partial charge in [0, 0.05) is 30.9 Å². The molecule has 0 radical (unpaired) electrons. The van der Waals surface area contributed by atoms with E-state index in [1.165, 1.54) is 16.4 Å². The lowest BCUT2D eigenvalue weighted by Gasteiger charge is -2.16. The Bertz CT molecular complexity index is 989. The highest BCUT2D eigenvalue weighted by molar-refractivity contribution is 7.89. The van der Waals surface area contributed by atoms with Crippen LogP contribution in [0.3, 0.4) is 0 Å². The molecule has 0 unspecified atom stereocenters. The number of carbonyl (C=O) groups excluding carboxylic acids is 1. The van der Waals surface area contributed by atoms with Crippen molar-refractivity contribution in [3.05, 3.63) is 54.1 Å². The van der Waals surface area contributed by atoms with Gasteiger partial charge in [-0.15, -0.1) is 0 Å². The monoisotopic (exact) mass is 416 g/mol. The average molecular weight is 416 g/mol. The molecule has 0 aliphatic carbocycles. The molecule has 1 heterocycles. The van der Waals surface area contributed by atoms with E-state index in [1.807, 2.05) is 0 Å². The molecule has 0 aromatic heterocycles. The van der Waals surface area contributed by atoms with E-state index in [9.17, 15) is 13.2 Å². The van der Waals surface area contributed by atoms with E-state index in [-0.39, 0.29) is 10.8 Å². The van der Waals surface area contributed by atoms with E-state index in [2.05, 4.69) is 5.32 Å². The molecular weight excluding hydrogens is 392 g/mol. The van der Waals surface area contributed by atoms with Crippen LogP contribution in [0, 0.1) is 0 Å². The zero-order valence-corrected chi connectivity index (χ0v) is 17.2. The van der Waals surface area contributed by atoms with Gasteiger partial charge in [0.05, 0.1) is 19.1 Å². The number of sulfonamides is 1. The van der Waals surface area contributed by atoms with Gasteiger partial charge in [0.2, 0.25) is 15.9 Å². The highest BCUT2D eigenvalue weighted by Gasteiger charge is 2.27. The predicted molar refractivity (Wildman–Crippen MR) is 112 cm³/mol. The maximum Gasteiger partial charge on any atom is 0.248 e. The van der Waals surface area contributed by atoms with Crippen molar-refractivity contribution in [2.75, 3.05) is 32.6 Å². The standard InChI is InChI=1S/C21H24N2O5S/c1-27-18-12-16(13-19(15-18)28-2)8-9-21(24)22-17-6-5-7-20(14-17)29(25,26)23-10-3-4-11-23/h5-9,12-15H,3-4,10-11H2,1-2H3,(H,22,24)/b9-8+. The molecule has 0 spiro atoms. The summed E-state index contributed by atoms with van der Waals surface area (Å²) in [4.78, 5) is 12.5. The summed E-state index contributed by atoms with van der Waals surface area (Å²) in [5.74, 6) is 0.857. The Labute approximate surface area is 171 Å². The van der Waals surface area contributed by atoms with E-state index >= 15 is 0 Å². The lowest BCUT2D eigenvalue weighted by molar-refractivity contribution is -0.111. The molecule has 3 rings (SSSR count).